The van der Waals surface area contributed by atoms with Crippen molar-refractivity contribution in [2.75, 3.05) is 13.1 Å². The van der Waals surface area contributed by atoms with E-state index in [-0.39, 0.29) is 30.3 Å². The summed E-state index contributed by atoms with van der Waals surface area (Å²) in [6, 6.07) is 18.0. The zero-order chi connectivity index (χ0) is 16.5. The van der Waals surface area contributed by atoms with E-state index in [0.29, 0.717) is 19.5 Å². The molecule has 2 heterocycles. The van der Waals surface area contributed by atoms with E-state index in [1.165, 1.54) is 5.56 Å². The number of para-hydroxylation sites is 1. The summed E-state index contributed by atoms with van der Waals surface area (Å²) in [5.41, 5.74) is 9.25. The second-order valence-electron chi connectivity index (χ2n) is 6.38. The fourth-order valence-corrected chi connectivity index (χ4v) is 3.50. The van der Waals surface area contributed by atoms with E-state index in [4.69, 9.17) is 5.73 Å². The van der Waals surface area contributed by atoms with E-state index in [0.717, 1.165) is 16.6 Å². The quantitative estimate of drug-likeness (QED) is 0.757. The molecule has 0 radical (unpaired) electrons. The van der Waals surface area contributed by atoms with E-state index < -0.39 is 0 Å². The minimum absolute atomic E-state index is 0. The number of hydrogen-bond donors (Lipinski definition) is 2. The number of rotatable bonds is 3. The van der Waals surface area contributed by atoms with Crippen molar-refractivity contribution in [3.05, 3.63) is 65.9 Å². The van der Waals surface area contributed by atoms with E-state index in [2.05, 4.69) is 22.3 Å². The summed E-state index contributed by atoms with van der Waals surface area (Å²) in [6.45, 7) is 1.28. The van der Waals surface area contributed by atoms with Gasteiger partial charge in [-0.2, -0.15) is 5.10 Å². The molecule has 1 aromatic heterocycles. The Bertz CT molecular complexity index is 864. The predicted octanol–water partition coefficient (Wildman–Crippen LogP) is 2.48. The molecular weight excluding hydrogens is 336 g/mol. The molecule has 25 heavy (non-hydrogen) atoms. The van der Waals surface area contributed by atoms with Gasteiger partial charge >= 0.3 is 0 Å². The van der Waals surface area contributed by atoms with Gasteiger partial charge in [0, 0.05) is 30.4 Å². The van der Waals surface area contributed by atoms with Gasteiger partial charge in [0.2, 0.25) is 5.91 Å². The zero-order valence-corrected chi connectivity index (χ0v) is 14.6. The Morgan fingerprint density at radius 1 is 1.12 bits per heavy atom. The summed E-state index contributed by atoms with van der Waals surface area (Å²) in [5.74, 6) is 0.298. The minimum atomic E-state index is -0.0186. The van der Waals surface area contributed by atoms with Crippen LogP contribution in [0, 0.1) is 0 Å². The zero-order valence-electron chi connectivity index (χ0n) is 13.8. The maximum absolute atomic E-state index is 12.7. The minimum Gasteiger partial charge on any atom is -0.340 e. The average molecular weight is 357 g/mol. The lowest BCUT2D eigenvalue weighted by Gasteiger charge is -2.16. The molecule has 0 saturated carbocycles. The number of amides is 1. The van der Waals surface area contributed by atoms with Gasteiger partial charge in [-0.3, -0.25) is 9.89 Å². The number of carbonyl (C=O) groups excluding carboxylic acids is 1. The molecule has 3 N–H and O–H groups in total. The third-order valence-electron chi connectivity index (χ3n) is 4.81. The third-order valence-corrected chi connectivity index (χ3v) is 4.81. The van der Waals surface area contributed by atoms with Gasteiger partial charge < -0.3 is 10.6 Å². The molecule has 0 bridgehead atoms. The highest BCUT2D eigenvalue weighted by Crippen LogP contribution is 2.27. The van der Waals surface area contributed by atoms with Gasteiger partial charge in [-0.05, 0) is 11.6 Å². The normalized spacial score (nSPS) is 19.8. The van der Waals surface area contributed by atoms with Crippen molar-refractivity contribution >= 4 is 29.2 Å². The molecule has 1 saturated heterocycles. The summed E-state index contributed by atoms with van der Waals surface area (Å²) < 4.78 is 0. The number of nitrogens with zero attached hydrogens (tertiary/aromatic N) is 2. The monoisotopic (exact) mass is 356 g/mol. The number of likely N-dealkylation sites (tertiary alicyclic amines) is 1. The van der Waals surface area contributed by atoms with E-state index >= 15 is 0 Å². The molecule has 4 rings (SSSR count). The lowest BCUT2D eigenvalue weighted by atomic mass is 9.95. The molecule has 6 heteroatoms. The van der Waals surface area contributed by atoms with Gasteiger partial charge in [-0.15, -0.1) is 12.4 Å². The second kappa shape index (κ2) is 7.25. The Labute approximate surface area is 152 Å². The molecule has 5 nitrogen and oxygen atoms in total. The summed E-state index contributed by atoms with van der Waals surface area (Å²) in [6.07, 6.45) is 0.328. The van der Waals surface area contributed by atoms with Crippen LogP contribution in [0.25, 0.3) is 10.9 Å². The average Bonchev–Trinajstić information content (AvgIpc) is 3.20. The maximum Gasteiger partial charge on any atom is 0.228 e. The van der Waals surface area contributed by atoms with Crippen LogP contribution in [0.1, 0.15) is 17.2 Å². The highest BCUT2D eigenvalue weighted by atomic mass is 35.5. The van der Waals surface area contributed by atoms with Crippen molar-refractivity contribution in [1.29, 1.82) is 0 Å². The first-order valence-corrected chi connectivity index (χ1v) is 8.22. The highest BCUT2D eigenvalue weighted by molar-refractivity contribution is 5.87. The predicted molar refractivity (Wildman–Crippen MR) is 101 cm³/mol. The number of hydrogen-bond acceptors (Lipinski definition) is 3. The molecule has 0 aliphatic carbocycles. The van der Waals surface area contributed by atoms with Gasteiger partial charge in [0.1, 0.15) is 0 Å². The number of carbonyl (C=O) groups is 1. The van der Waals surface area contributed by atoms with Crippen molar-refractivity contribution in [2.24, 2.45) is 5.73 Å². The van der Waals surface area contributed by atoms with Gasteiger partial charge in [-0.25, -0.2) is 0 Å². The number of halogens is 1. The van der Waals surface area contributed by atoms with E-state index in [1.807, 2.05) is 47.4 Å². The lowest BCUT2D eigenvalue weighted by Crippen LogP contribution is -2.33. The molecule has 1 aliphatic rings. The number of aromatic nitrogens is 2. The van der Waals surface area contributed by atoms with E-state index in [9.17, 15) is 4.79 Å². The standard InChI is InChI=1S/C19H20N4O.ClH/c20-16-12-23(11-15(16)13-6-2-1-3-7-13)19(24)10-18-14-8-4-5-9-17(14)21-22-18;/h1-9,15-16H,10-12,20H2,(H,21,22);1H/t15-,16+;/m0./s1. The maximum atomic E-state index is 12.7. The molecule has 0 spiro atoms. The Morgan fingerprint density at radius 3 is 2.64 bits per heavy atom. The second-order valence-corrected chi connectivity index (χ2v) is 6.38. The number of benzene rings is 2. The molecule has 2 aromatic carbocycles. The number of aromatic amines is 1. The van der Waals surface area contributed by atoms with Gasteiger partial charge in [0.25, 0.3) is 0 Å². The SMILES string of the molecule is Cl.N[C@@H]1CN(C(=O)Cc2[nH]nc3ccccc23)C[C@H]1c1ccccc1. The van der Waals surface area contributed by atoms with Crippen LogP contribution in [0.5, 0.6) is 0 Å². The molecule has 2 atom stereocenters. The van der Waals surface area contributed by atoms with Crippen LogP contribution in [0.15, 0.2) is 54.6 Å². The first-order chi connectivity index (χ1) is 11.7. The van der Waals surface area contributed by atoms with Crippen LogP contribution in [0.2, 0.25) is 0 Å². The molecular formula is C19H21ClN4O. The number of H-pyrrole nitrogens is 1. The number of fused-ring (bicyclic) bond motifs is 1. The van der Waals surface area contributed by atoms with Crippen molar-refractivity contribution in [3.63, 3.8) is 0 Å². The highest BCUT2D eigenvalue weighted by Gasteiger charge is 2.33. The summed E-state index contributed by atoms with van der Waals surface area (Å²) >= 11 is 0. The molecule has 1 aliphatic heterocycles. The van der Waals surface area contributed by atoms with Crippen molar-refractivity contribution in [1.82, 2.24) is 15.1 Å². The van der Waals surface area contributed by atoms with E-state index in [1.54, 1.807) is 0 Å². The van der Waals surface area contributed by atoms with Crippen molar-refractivity contribution in [2.45, 2.75) is 18.4 Å². The Morgan fingerprint density at radius 2 is 1.84 bits per heavy atom. The van der Waals surface area contributed by atoms with Crippen LogP contribution >= 0.6 is 12.4 Å². The summed E-state index contributed by atoms with van der Waals surface area (Å²) in [4.78, 5) is 14.6. The molecule has 1 amide bonds. The topological polar surface area (TPSA) is 75.0 Å². The van der Waals surface area contributed by atoms with Crippen molar-refractivity contribution in [3.8, 4) is 0 Å². The van der Waals surface area contributed by atoms with Crippen LogP contribution < -0.4 is 5.73 Å². The molecule has 0 unspecified atom stereocenters. The number of nitrogens with one attached hydrogen (secondary N) is 1. The Kier molecular flexibility index (Phi) is 5.06. The first kappa shape index (κ1) is 17.5. The smallest absolute Gasteiger partial charge is 0.228 e. The van der Waals surface area contributed by atoms with Gasteiger partial charge in [0.05, 0.1) is 17.6 Å². The number of nitrogens with two attached hydrogens (primary N) is 1. The fraction of sp³-hybridized carbons (Fsp3) is 0.263. The van der Waals surface area contributed by atoms with Crippen LogP contribution in [0.4, 0.5) is 0 Å². The summed E-state index contributed by atoms with van der Waals surface area (Å²) in [5, 5.41) is 8.26. The molecule has 1 fully saturated rings. The molecule has 130 valence electrons. The van der Waals surface area contributed by atoms with Crippen LogP contribution in [-0.4, -0.2) is 40.1 Å². The van der Waals surface area contributed by atoms with Crippen LogP contribution in [-0.2, 0) is 11.2 Å². The third kappa shape index (κ3) is 3.38. The Hall–Kier alpha value is -2.37. The lowest BCUT2D eigenvalue weighted by molar-refractivity contribution is -0.129. The van der Waals surface area contributed by atoms with Gasteiger partial charge in [0.15, 0.2) is 0 Å². The summed E-state index contributed by atoms with van der Waals surface area (Å²) in [7, 11) is 0. The first-order valence-electron chi connectivity index (χ1n) is 8.22. The fourth-order valence-electron chi connectivity index (χ4n) is 3.50. The van der Waals surface area contributed by atoms with Crippen LogP contribution in [0.3, 0.4) is 0 Å². The molecule has 3 aromatic rings. The Balaban J connectivity index is 0.00000182. The largest absolute Gasteiger partial charge is 0.340 e. The van der Waals surface area contributed by atoms with Crippen molar-refractivity contribution < 1.29 is 4.79 Å². The van der Waals surface area contributed by atoms with Gasteiger partial charge in [-0.1, -0.05) is 48.5 Å².